The Balaban J connectivity index is 1.40. The van der Waals surface area contributed by atoms with E-state index < -0.39 is 0 Å². The van der Waals surface area contributed by atoms with Gasteiger partial charge in [-0.05, 0) is 113 Å². The molecule has 0 unspecified atom stereocenters. The smallest absolute Gasteiger partial charge is 0.0740 e. The summed E-state index contributed by atoms with van der Waals surface area (Å²) in [4.78, 5) is 5.11. The Labute approximate surface area is 215 Å². The van der Waals surface area contributed by atoms with Gasteiger partial charge in [0, 0.05) is 25.7 Å². The Morgan fingerprint density at radius 2 is 1.97 bits per heavy atom. The summed E-state index contributed by atoms with van der Waals surface area (Å²) < 4.78 is 6.86. The van der Waals surface area contributed by atoms with Crippen molar-refractivity contribution in [3.63, 3.8) is 0 Å². The Hall–Kier alpha value is -0.680. The third kappa shape index (κ3) is 4.94. The molecule has 2 saturated carbocycles. The van der Waals surface area contributed by atoms with Gasteiger partial charge in [-0.1, -0.05) is 38.0 Å². The highest BCUT2D eigenvalue weighted by Gasteiger charge is 2.53. The highest BCUT2D eigenvalue weighted by atomic mass is 16.5. The first-order valence-electron chi connectivity index (χ1n) is 14.8. The Bertz CT molecular complexity index is 834. The summed E-state index contributed by atoms with van der Waals surface area (Å²) in [5, 5.41) is 10.3. The van der Waals surface area contributed by atoms with Gasteiger partial charge in [0.2, 0.25) is 0 Å². The van der Waals surface area contributed by atoms with Gasteiger partial charge in [0.15, 0.2) is 0 Å². The molecule has 0 radical (unpaired) electrons. The first-order chi connectivity index (χ1) is 16.7. The fraction of sp³-hybridized carbons (Fsp3) is 0.871. The molecule has 2 aliphatic heterocycles. The number of aliphatic hydroxyl groups excluding tert-OH is 1. The zero-order valence-corrected chi connectivity index (χ0v) is 23.4. The molecule has 0 spiro atoms. The van der Waals surface area contributed by atoms with Crippen LogP contribution in [0.5, 0.6) is 0 Å². The second kappa shape index (κ2) is 10.2. The number of fused-ring (bicyclic) bond motifs is 6. The minimum absolute atomic E-state index is 0.215. The molecule has 2 heterocycles. The Kier molecular flexibility index (Phi) is 7.59. The van der Waals surface area contributed by atoms with Crippen LogP contribution in [0.25, 0.3) is 0 Å². The number of hydrogen-bond donors (Lipinski definition) is 1. The van der Waals surface area contributed by atoms with Crippen LogP contribution in [0.3, 0.4) is 0 Å². The number of allylic oxidation sites excluding steroid dienone is 2. The Morgan fingerprint density at radius 3 is 2.74 bits per heavy atom. The van der Waals surface area contributed by atoms with Crippen molar-refractivity contribution in [3.05, 3.63) is 22.8 Å². The second-order valence-corrected chi connectivity index (χ2v) is 13.7. The predicted molar refractivity (Wildman–Crippen MR) is 144 cm³/mol. The molecular weight excluding hydrogens is 432 g/mol. The molecule has 3 fully saturated rings. The standard InChI is InChI=1S/C31H52N2O2/c1-20-15-29-30(33(18-20)14-13-32(5)6)21(2)7-9-25-26-10-8-23-16-24(34)11-12-31(23,4)28(26)17-27(25)22(3)19-35-29/h16,20-21,24-26,28-30,34H,7-15,17-19H2,1-6H3/b27-22-/t20-,21-,24-,25-,26-,28-,29+,30-,31-/m0/s1. The number of aliphatic hydroxyl groups is 1. The van der Waals surface area contributed by atoms with E-state index in [9.17, 15) is 5.11 Å². The van der Waals surface area contributed by atoms with Crippen LogP contribution < -0.4 is 0 Å². The van der Waals surface area contributed by atoms with Crippen LogP contribution in [0.1, 0.15) is 79.1 Å². The van der Waals surface area contributed by atoms with E-state index in [1.807, 2.05) is 0 Å². The predicted octanol–water partition coefficient (Wildman–Crippen LogP) is 5.52. The lowest BCUT2D eigenvalue weighted by Crippen LogP contribution is -2.56. The number of hydrogen-bond acceptors (Lipinski definition) is 4. The van der Waals surface area contributed by atoms with Crippen LogP contribution in [0.2, 0.25) is 0 Å². The molecule has 1 N–H and O–H groups in total. The average molecular weight is 485 g/mol. The van der Waals surface area contributed by atoms with E-state index in [1.165, 1.54) is 45.1 Å². The fourth-order valence-electron chi connectivity index (χ4n) is 9.05. The van der Waals surface area contributed by atoms with Gasteiger partial charge in [-0.3, -0.25) is 4.90 Å². The van der Waals surface area contributed by atoms with Crippen LogP contribution in [0, 0.1) is 35.0 Å². The molecule has 0 amide bonds. The average Bonchev–Trinajstić information content (AvgIpc) is 3.19. The minimum atomic E-state index is -0.215. The number of nitrogens with zero attached hydrogens (tertiary/aromatic N) is 2. The monoisotopic (exact) mass is 484 g/mol. The Morgan fingerprint density at radius 1 is 1.17 bits per heavy atom. The van der Waals surface area contributed by atoms with E-state index in [4.69, 9.17) is 4.74 Å². The molecular formula is C31H52N2O2. The topological polar surface area (TPSA) is 35.9 Å². The molecule has 0 aromatic carbocycles. The van der Waals surface area contributed by atoms with Gasteiger partial charge in [0.1, 0.15) is 0 Å². The van der Waals surface area contributed by atoms with E-state index in [-0.39, 0.29) is 6.10 Å². The van der Waals surface area contributed by atoms with Crippen LogP contribution in [0.15, 0.2) is 22.8 Å². The highest BCUT2D eigenvalue weighted by Crippen LogP contribution is 2.62. The van der Waals surface area contributed by atoms with Crippen molar-refractivity contribution in [1.29, 1.82) is 0 Å². The molecule has 9 atom stereocenters. The minimum Gasteiger partial charge on any atom is -0.389 e. The summed E-state index contributed by atoms with van der Waals surface area (Å²) in [6, 6.07) is 0.552. The van der Waals surface area contributed by atoms with E-state index >= 15 is 0 Å². The SMILES string of the molecule is C/C1=C2\C[C@H]3[C@@H](CCC4=C[C@@H](O)CC[C@@]43C)[C@@H]2CC[C@H](C)[C@H]2[C@@H](C[C@H](C)CN2CCN(C)C)OC1. The third-order valence-corrected chi connectivity index (χ3v) is 11.0. The van der Waals surface area contributed by atoms with Crippen molar-refractivity contribution in [2.75, 3.05) is 40.3 Å². The summed E-state index contributed by atoms with van der Waals surface area (Å²) in [5.74, 6) is 3.68. The van der Waals surface area contributed by atoms with Crippen molar-refractivity contribution in [1.82, 2.24) is 9.80 Å². The highest BCUT2D eigenvalue weighted by molar-refractivity contribution is 5.32. The molecule has 4 heteroatoms. The molecule has 5 rings (SSSR count). The molecule has 35 heavy (non-hydrogen) atoms. The molecule has 198 valence electrons. The van der Waals surface area contributed by atoms with Gasteiger partial charge in [-0.25, -0.2) is 0 Å². The molecule has 3 aliphatic carbocycles. The van der Waals surface area contributed by atoms with Crippen molar-refractivity contribution >= 4 is 0 Å². The van der Waals surface area contributed by atoms with Crippen LogP contribution in [-0.2, 0) is 4.74 Å². The first-order valence-corrected chi connectivity index (χ1v) is 14.8. The third-order valence-electron chi connectivity index (χ3n) is 11.0. The number of ether oxygens (including phenoxy) is 1. The molecule has 1 saturated heterocycles. The van der Waals surface area contributed by atoms with Gasteiger partial charge in [-0.15, -0.1) is 0 Å². The second-order valence-electron chi connectivity index (χ2n) is 13.7. The van der Waals surface area contributed by atoms with E-state index in [0.29, 0.717) is 29.4 Å². The van der Waals surface area contributed by atoms with Crippen LogP contribution >= 0.6 is 0 Å². The van der Waals surface area contributed by atoms with Gasteiger partial charge in [0.05, 0.1) is 18.8 Å². The van der Waals surface area contributed by atoms with Crippen LogP contribution in [-0.4, -0.2) is 73.5 Å². The quantitative estimate of drug-likeness (QED) is 0.535. The van der Waals surface area contributed by atoms with Crippen molar-refractivity contribution in [3.8, 4) is 0 Å². The summed E-state index contributed by atoms with van der Waals surface area (Å²) in [5.41, 5.74) is 5.16. The summed E-state index contributed by atoms with van der Waals surface area (Å²) >= 11 is 0. The summed E-state index contributed by atoms with van der Waals surface area (Å²) in [6.45, 7) is 14.2. The zero-order chi connectivity index (χ0) is 24.9. The molecule has 5 aliphatic rings. The maximum absolute atomic E-state index is 10.3. The largest absolute Gasteiger partial charge is 0.389 e. The number of likely N-dealkylation sites (N-methyl/N-ethyl adjacent to an activating group) is 1. The van der Waals surface area contributed by atoms with Gasteiger partial charge in [-0.2, -0.15) is 0 Å². The lowest BCUT2D eigenvalue weighted by atomic mass is 9.56. The maximum Gasteiger partial charge on any atom is 0.0740 e. The summed E-state index contributed by atoms with van der Waals surface area (Å²) in [6.07, 6.45) is 12.1. The zero-order valence-electron chi connectivity index (χ0n) is 23.4. The van der Waals surface area contributed by atoms with Crippen molar-refractivity contribution in [2.24, 2.45) is 35.0 Å². The normalized spacial score (nSPS) is 46.9. The van der Waals surface area contributed by atoms with Gasteiger partial charge < -0.3 is 14.7 Å². The molecule has 0 bridgehead atoms. The number of rotatable bonds is 3. The van der Waals surface area contributed by atoms with Gasteiger partial charge >= 0.3 is 0 Å². The molecule has 0 aromatic rings. The fourth-order valence-corrected chi connectivity index (χ4v) is 9.05. The molecule has 4 nitrogen and oxygen atoms in total. The van der Waals surface area contributed by atoms with Crippen LogP contribution in [0.4, 0.5) is 0 Å². The lowest BCUT2D eigenvalue weighted by molar-refractivity contribution is -0.0734. The maximum atomic E-state index is 10.3. The molecule has 0 aromatic heterocycles. The van der Waals surface area contributed by atoms with Gasteiger partial charge in [0.25, 0.3) is 0 Å². The van der Waals surface area contributed by atoms with E-state index in [1.54, 1.807) is 16.7 Å². The van der Waals surface area contributed by atoms with E-state index in [0.717, 1.165) is 50.3 Å². The van der Waals surface area contributed by atoms with Crippen molar-refractivity contribution < 1.29 is 9.84 Å². The van der Waals surface area contributed by atoms with Crippen molar-refractivity contribution in [2.45, 2.75) is 97.3 Å². The van der Waals surface area contributed by atoms with E-state index in [2.05, 4.69) is 57.7 Å². The summed E-state index contributed by atoms with van der Waals surface area (Å²) in [7, 11) is 4.39. The number of piperidine rings is 1. The lowest BCUT2D eigenvalue weighted by Gasteiger charge is -2.49. The first kappa shape index (κ1) is 25.9. The number of likely N-dealkylation sites (tertiary alicyclic amines) is 1.